The quantitative estimate of drug-likeness (QED) is 0.0938. The monoisotopic (exact) mass is 1240 g/mol. The van der Waals surface area contributed by atoms with E-state index in [9.17, 15) is 37.5 Å². The van der Waals surface area contributed by atoms with E-state index >= 15 is 0 Å². The molecule has 4 fully saturated rings. The maximum Gasteiger partial charge on any atom is 0.254 e. The van der Waals surface area contributed by atoms with Crippen LogP contribution in [0.1, 0.15) is 140 Å². The van der Waals surface area contributed by atoms with Crippen molar-refractivity contribution >= 4 is 35.0 Å². The summed E-state index contributed by atoms with van der Waals surface area (Å²) in [7, 11) is 3.57. The van der Waals surface area contributed by atoms with Crippen LogP contribution in [0.2, 0.25) is 0 Å². The van der Waals surface area contributed by atoms with Crippen LogP contribution in [0.25, 0.3) is 0 Å². The van der Waals surface area contributed by atoms with Gasteiger partial charge in [-0.25, -0.2) is 8.78 Å². The first-order valence-electron chi connectivity index (χ1n) is 33.4. The number of rotatable bonds is 21. The van der Waals surface area contributed by atoms with Crippen LogP contribution in [0.3, 0.4) is 0 Å². The van der Waals surface area contributed by atoms with Gasteiger partial charge in [-0.2, -0.15) is 0 Å². The first-order chi connectivity index (χ1) is 42.8. The SMILES string of the molecule is C[C@@H]1CN(CC(=O)N2CC(C)(C)c3c2cc(Cc2ccc(F)cc2)c(=O)n3C)[C@@H](CN2CCN(C(=O)CCCCCCCCC(=O)N3CCN(C[C@H]4CN[C@H](C)CN4CC(=O)N4CC(C)(C)c5c4cc(Cc4ccc(F)cc4)c(=O)n5C)[C@H](C)C3)C[C@H]2C)CN1. The fourth-order valence-corrected chi connectivity index (χ4v) is 15.5. The third-order valence-corrected chi connectivity index (χ3v) is 20.4. The molecule has 2 N–H and O–H groups in total. The number of pyridine rings is 2. The van der Waals surface area contributed by atoms with Crippen molar-refractivity contribution in [2.24, 2.45) is 14.1 Å². The highest BCUT2D eigenvalue weighted by Crippen LogP contribution is 2.42. The zero-order chi connectivity index (χ0) is 64.3. The maximum absolute atomic E-state index is 14.5. The van der Waals surface area contributed by atoms with Crippen LogP contribution >= 0.6 is 0 Å². The number of nitrogens with zero attached hydrogens (tertiary/aromatic N) is 10. The molecule has 0 unspecified atom stereocenters. The van der Waals surface area contributed by atoms with Gasteiger partial charge in [0.25, 0.3) is 11.1 Å². The highest BCUT2D eigenvalue weighted by atomic mass is 19.1. The molecule has 2 aromatic heterocycles. The molecule has 18 nitrogen and oxygen atoms in total. The number of piperazine rings is 4. The van der Waals surface area contributed by atoms with Gasteiger partial charge in [-0.05, 0) is 88.1 Å². The lowest BCUT2D eigenvalue weighted by atomic mass is 9.90. The Morgan fingerprint density at radius 1 is 0.500 bits per heavy atom. The highest BCUT2D eigenvalue weighted by molar-refractivity contribution is 5.98. The van der Waals surface area contributed by atoms with Crippen molar-refractivity contribution in [3.8, 4) is 0 Å². The van der Waals surface area contributed by atoms with Gasteiger partial charge in [-0.15, -0.1) is 0 Å². The summed E-state index contributed by atoms with van der Waals surface area (Å²) in [6.07, 6.45) is 7.53. The molecule has 8 heterocycles. The van der Waals surface area contributed by atoms with Crippen molar-refractivity contribution in [3.63, 3.8) is 0 Å². The van der Waals surface area contributed by atoms with E-state index in [1.165, 1.54) is 24.3 Å². The Labute approximate surface area is 531 Å². The minimum Gasteiger partial charge on any atom is -0.340 e. The van der Waals surface area contributed by atoms with Crippen LogP contribution in [-0.4, -0.2) is 203 Å². The number of carbonyl (C=O) groups excluding carboxylic acids is 4. The summed E-state index contributed by atoms with van der Waals surface area (Å²) in [4.78, 5) is 101. The summed E-state index contributed by atoms with van der Waals surface area (Å²) < 4.78 is 30.8. The molecule has 4 saturated heterocycles. The fraction of sp³-hybridized carbons (Fsp3) is 0.629. The largest absolute Gasteiger partial charge is 0.340 e. The molecule has 0 saturated carbocycles. The summed E-state index contributed by atoms with van der Waals surface area (Å²) in [5.74, 6) is -0.210. The van der Waals surface area contributed by atoms with Crippen molar-refractivity contribution in [1.82, 2.24) is 49.2 Å². The minimum absolute atomic E-state index is 0.00764. The highest BCUT2D eigenvalue weighted by Gasteiger charge is 2.45. The number of nitrogens with one attached hydrogen (secondary N) is 2. The van der Waals surface area contributed by atoms with Gasteiger partial charge < -0.3 is 39.4 Å². The Morgan fingerprint density at radius 3 is 1.23 bits per heavy atom. The first-order valence-corrected chi connectivity index (χ1v) is 33.4. The van der Waals surface area contributed by atoms with Crippen molar-refractivity contribution in [1.29, 1.82) is 0 Å². The van der Waals surface area contributed by atoms with Gasteiger partial charge in [0.05, 0.1) is 35.9 Å². The smallest absolute Gasteiger partial charge is 0.254 e. The Morgan fingerprint density at radius 2 is 0.867 bits per heavy atom. The third-order valence-electron chi connectivity index (χ3n) is 20.4. The number of benzene rings is 2. The summed E-state index contributed by atoms with van der Waals surface area (Å²) >= 11 is 0. The lowest BCUT2D eigenvalue weighted by Gasteiger charge is -2.45. The molecule has 90 heavy (non-hydrogen) atoms. The normalized spacial score (nSPS) is 24.0. The molecule has 4 amide bonds. The predicted octanol–water partition coefficient (Wildman–Crippen LogP) is 6.00. The number of fused-ring (bicyclic) bond motifs is 2. The molecule has 6 atom stereocenters. The Bertz CT molecular complexity index is 3130. The maximum atomic E-state index is 14.5. The van der Waals surface area contributed by atoms with Gasteiger partial charge in [0, 0.05) is 190 Å². The third kappa shape index (κ3) is 15.3. The second-order valence-electron chi connectivity index (χ2n) is 28.6. The zero-order valence-electron chi connectivity index (χ0n) is 55.3. The Balaban J connectivity index is 0.618. The van der Waals surface area contributed by atoms with Crippen LogP contribution in [0, 0.1) is 11.6 Å². The van der Waals surface area contributed by atoms with E-state index in [4.69, 9.17) is 0 Å². The van der Waals surface area contributed by atoms with Crippen molar-refractivity contribution in [3.05, 3.63) is 127 Å². The first kappa shape index (κ1) is 66.8. The summed E-state index contributed by atoms with van der Waals surface area (Å²) in [5.41, 5.74) is 4.98. The molecule has 20 heteroatoms. The Hall–Kier alpha value is -6.16. The fourth-order valence-electron chi connectivity index (χ4n) is 15.5. The molecule has 0 bridgehead atoms. The van der Waals surface area contributed by atoms with Crippen molar-refractivity contribution < 1.29 is 28.0 Å². The molecule has 10 rings (SSSR count). The lowest BCUT2D eigenvalue weighted by molar-refractivity contribution is -0.135. The molecule has 490 valence electrons. The molecule has 6 aliphatic rings. The van der Waals surface area contributed by atoms with Crippen LogP contribution in [0.5, 0.6) is 0 Å². The second kappa shape index (κ2) is 28.4. The topological polar surface area (TPSA) is 162 Å². The molecular weight excluding hydrogens is 1140 g/mol. The number of unbranched alkanes of at least 4 members (excludes halogenated alkanes) is 5. The molecule has 0 aliphatic carbocycles. The van der Waals surface area contributed by atoms with Crippen LogP contribution < -0.4 is 31.6 Å². The number of carbonyl (C=O) groups is 4. The molecule has 4 aromatic rings. The van der Waals surface area contributed by atoms with Crippen molar-refractivity contribution in [2.75, 3.05) is 115 Å². The van der Waals surface area contributed by atoms with Crippen molar-refractivity contribution in [2.45, 2.75) is 167 Å². The number of halogens is 2. The van der Waals surface area contributed by atoms with E-state index in [0.29, 0.717) is 76.1 Å². The van der Waals surface area contributed by atoms with E-state index in [2.05, 4.69) is 85.6 Å². The number of hydrogen-bond acceptors (Lipinski definition) is 12. The van der Waals surface area contributed by atoms with Gasteiger partial charge >= 0.3 is 0 Å². The Kier molecular flexibility index (Phi) is 21.0. The van der Waals surface area contributed by atoms with Crippen LogP contribution in [0.15, 0.2) is 70.3 Å². The molecule has 0 radical (unpaired) electrons. The van der Waals surface area contributed by atoms with Gasteiger partial charge in [-0.1, -0.05) is 77.6 Å². The van der Waals surface area contributed by atoms with E-state index in [0.717, 1.165) is 125 Å². The number of anilines is 2. The second-order valence-corrected chi connectivity index (χ2v) is 28.6. The van der Waals surface area contributed by atoms with Gasteiger partial charge in [0.15, 0.2) is 0 Å². The average molecular weight is 1240 g/mol. The number of amides is 4. The lowest BCUT2D eigenvalue weighted by Crippen LogP contribution is -2.63. The van der Waals surface area contributed by atoms with Gasteiger partial charge in [0.1, 0.15) is 11.6 Å². The summed E-state index contributed by atoms with van der Waals surface area (Å²) in [6.45, 7) is 27.3. The molecule has 0 spiro atoms. The summed E-state index contributed by atoms with van der Waals surface area (Å²) in [6, 6.07) is 17.2. The number of aromatic nitrogens is 2. The van der Waals surface area contributed by atoms with E-state index in [1.807, 2.05) is 31.7 Å². The van der Waals surface area contributed by atoms with E-state index in [1.54, 1.807) is 47.5 Å². The zero-order valence-corrected chi connectivity index (χ0v) is 55.3. The molecular formula is C70H100F2N12O6. The predicted molar refractivity (Wildman–Crippen MR) is 350 cm³/mol. The van der Waals surface area contributed by atoms with Crippen LogP contribution in [0.4, 0.5) is 20.2 Å². The molecule has 2 aromatic carbocycles. The summed E-state index contributed by atoms with van der Waals surface area (Å²) in [5, 5.41) is 7.30. The van der Waals surface area contributed by atoms with E-state index in [-0.39, 0.29) is 95.7 Å². The standard InChI is InChI=1S/C70H100F2N12O6/c1-47-37-81(43-63(87)83-45-69(5,6)65-59(83)33-53(67(89)75(65)9)31-51-19-23-55(71)24-20-51)57(35-73-47)41-77-27-29-79(39-49(77)3)61(85)17-15-13-11-12-14-16-18-62(86)80-30-28-78(50(4)40-80)42-58-36-74-48(2)38-82(58)44-64(88)84-46-70(7,8)66-60(84)34-54(68(90)76(66)10)32-52-21-25-56(72)26-22-52/h19-26,33-34,47-50,57-58,73-74H,11-18,27-32,35-46H2,1-10H3/t47-,48-,49-,50-,57-,58-/m1/s1. The number of hydrogen-bond donors (Lipinski definition) is 2. The van der Waals surface area contributed by atoms with Gasteiger partial charge in [-0.3, -0.25) is 48.4 Å². The molecule has 6 aliphatic heterocycles. The van der Waals surface area contributed by atoms with E-state index < -0.39 is 10.8 Å². The van der Waals surface area contributed by atoms with Crippen LogP contribution in [-0.2, 0) is 56.9 Å². The average Bonchev–Trinajstić information content (AvgIpc) is 1.59. The minimum atomic E-state index is -0.426. The van der Waals surface area contributed by atoms with Gasteiger partial charge in [0.2, 0.25) is 23.6 Å².